The molecule has 0 aromatic carbocycles. The number of carboxylic acids is 1. The van der Waals surface area contributed by atoms with Crippen LogP contribution in [0.1, 0.15) is 20.8 Å². The molecular formula is C7H15NO4S. The third kappa shape index (κ3) is 3.06. The van der Waals surface area contributed by atoms with Crippen LogP contribution in [0.4, 0.5) is 0 Å². The van der Waals surface area contributed by atoms with Gasteiger partial charge in [0.1, 0.15) is 6.04 Å². The lowest BCUT2D eigenvalue weighted by Gasteiger charge is -2.26. The third-order valence-electron chi connectivity index (χ3n) is 1.67. The quantitative estimate of drug-likeness (QED) is 0.658. The Labute approximate surface area is 79.9 Å². The molecule has 0 heterocycles. The SMILES string of the molecule is CCOS(=O)C(C)(C)[C@@H](N)C(=O)O. The molecule has 0 aromatic heterocycles. The number of rotatable bonds is 5. The van der Waals surface area contributed by atoms with Crippen molar-refractivity contribution in [1.82, 2.24) is 0 Å². The second-order valence-electron chi connectivity index (χ2n) is 3.06. The maximum absolute atomic E-state index is 11.4. The van der Waals surface area contributed by atoms with Crippen molar-refractivity contribution in [3.8, 4) is 0 Å². The Kier molecular flexibility index (Phi) is 4.52. The molecule has 0 aliphatic rings. The van der Waals surface area contributed by atoms with Crippen molar-refractivity contribution >= 4 is 17.0 Å². The molecule has 3 N–H and O–H groups in total. The fraction of sp³-hybridized carbons (Fsp3) is 0.857. The summed E-state index contributed by atoms with van der Waals surface area (Å²) in [5.74, 6) is -1.18. The molecule has 0 radical (unpaired) electrons. The van der Waals surface area contributed by atoms with E-state index in [1.807, 2.05) is 0 Å². The first-order valence-electron chi connectivity index (χ1n) is 3.87. The highest BCUT2D eigenvalue weighted by Crippen LogP contribution is 2.17. The zero-order valence-electron chi connectivity index (χ0n) is 7.94. The average Bonchev–Trinajstić information content (AvgIpc) is 2.03. The first kappa shape index (κ1) is 12.5. The Hall–Kier alpha value is -0.460. The van der Waals surface area contributed by atoms with E-state index in [2.05, 4.69) is 0 Å². The van der Waals surface area contributed by atoms with Gasteiger partial charge < -0.3 is 10.8 Å². The number of aliphatic carboxylic acids is 1. The summed E-state index contributed by atoms with van der Waals surface area (Å²) in [4.78, 5) is 10.5. The van der Waals surface area contributed by atoms with Crippen molar-refractivity contribution in [2.75, 3.05) is 6.61 Å². The van der Waals surface area contributed by atoms with Crippen LogP contribution in [0.15, 0.2) is 0 Å². The first-order valence-corrected chi connectivity index (χ1v) is 4.95. The Morgan fingerprint density at radius 2 is 2.15 bits per heavy atom. The van der Waals surface area contributed by atoms with Gasteiger partial charge in [-0.3, -0.25) is 8.98 Å². The fourth-order valence-electron chi connectivity index (χ4n) is 0.660. The van der Waals surface area contributed by atoms with Crippen molar-refractivity contribution in [3.05, 3.63) is 0 Å². The van der Waals surface area contributed by atoms with Crippen molar-refractivity contribution in [2.24, 2.45) is 5.73 Å². The molecule has 0 aromatic rings. The summed E-state index contributed by atoms with van der Waals surface area (Å²) in [7, 11) is 0. The Bertz CT molecular complexity index is 217. The van der Waals surface area contributed by atoms with Crippen LogP contribution >= 0.6 is 0 Å². The van der Waals surface area contributed by atoms with Crippen LogP contribution in [0.2, 0.25) is 0 Å². The summed E-state index contributed by atoms with van der Waals surface area (Å²) >= 11 is -1.69. The number of carbonyl (C=O) groups is 1. The van der Waals surface area contributed by atoms with Crippen LogP contribution in [-0.4, -0.2) is 32.7 Å². The number of carboxylic acid groups (broad SMARTS) is 1. The van der Waals surface area contributed by atoms with Gasteiger partial charge in [0.2, 0.25) is 0 Å². The smallest absolute Gasteiger partial charge is 0.322 e. The molecule has 78 valence electrons. The second-order valence-corrected chi connectivity index (χ2v) is 4.82. The van der Waals surface area contributed by atoms with Gasteiger partial charge in [0.05, 0.1) is 11.4 Å². The van der Waals surface area contributed by atoms with Crippen molar-refractivity contribution in [2.45, 2.75) is 31.6 Å². The Morgan fingerprint density at radius 3 is 2.46 bits per heavy atom. The van der Waals surface area contributed by atoms with E-state index >= 15 is 0 Å². The molecule has 2 atom stereocenters. The summed E-state index contributed by atoms with van der Waals surface area (Å²) in [5, 5.41) is 8.62. The van der Waals surface area contributed by atoms with Gasteiger partial charge in [0, 0.05) is 0 Å². The van der Waals surface area contributed by atoms with Gasteiger partial charge in [-0.15, -0.1) is 0 Å². The van der Waals surface area contributed by atoms with E-state index in [9.17, 15) is 9.00 Å². The largest absolute Gasteiger partial charge is 0.480 e. The minimum atomic E-state index is -1.69. The van der Waals surface area contributed by atoms with Gasteiger partial charge in [0.25, 0.3) is 0 Å². The van der Waals surface area contributed by atoms with Gasteiger partial charge in [-0.1, -0.05) is 0 Å². The normalized spacial score (nSPS) is 16.6. The van der Waals surface area contributed by atoms with E-state index in [1.165, 1.54) is 13.8 Å². The summed E-state index contributed by atoms with van der Waals surface area (Å²) in [6.45, 7) is 4.94. The summed E-state index contributed by atoms with van der Waals surface area (Å²) in [6, 6.07) is -1.19. The van der Waals surface area contributed by atoms with E-state index < -0.39 is 27.8 Å². The molecule has 6 heteroatoms. The molecule has 1 unspecified atom stereocenters. The molecule has 13 heavy (non-hydrogen) atoms. The molecule has 0 rings (SSSR count). The van der Waals surface area contributed by atoms with Crippen LogP contribution in [-0.2, 0) is 20.1 Å². The highest BCUT2D eigenvalue weighted by atomic mass is 32.2. The van der Waals surface area contributed by atoms with Gasteiger partial charge in [-0.25, -0.2) is 4.21 Å². The molecule has 0 aliphatic heterocycles. The summed E-state index contributed by atoms with van der Waals surface area (Å²) in [6.07, 6.45) is 0. The van der Waals surface area contributed by atoms with Crippen molar-refractivity contribution in [3.63, 3.8) is 0 Å². The Morgan fingerprint density at radius 1 is 1.69 bits per heavy atom. The van der Waals surface area contributed by atoms with Crippen molar-refractivity contribution in [1.29, 1.82) is 0 Å². The van der Waals surface area contributed by atoms with Gasteiger partial charge in [-0.2, -0.15) is 0 Å². The van der Waals surface area contributed by atoms with E-state index in [4.69, 9.17) is 15.0 Å². The topological polar surface area (TPSA) is 89.6 Å². The molecule has 0 bridgehead atoms. The second kappa shape index (κ2) is 4.69. The van der Waals surface area contributed by atoms with E-state index in [-0.39, 0.29) is 6.61 Å². The van der Waals surface area contributed by atoms with Crippen LogP contribution < -0.4 is 5.73 Å². The fourth-order valence-corrected chi connectivity index (χ4v) is 1.49. The number of nitrogens with two attached hydrogens (primary N) is 1. The maximum Gasteiger partial charge on any atom is 0.322 e. The average molecular weight is 209 g/mol. The highest BCUT2D eigenvalue weighted by Gasteiger charge is 2.38. The predicted octanol–water partition coefficient (Wildman–Crippen LogP) is -0.123. The molecule has 0 spiro atoms. The van der Waals surface area contributed by atoms with Crippen LogP contribution in [0.25, 0.3) is 0 Å². The summed E-state index contributed by atoms with van der Waals surface area (Å²) < 4.78 is 15.1. The maximum atomic E-state index is 11.4. The molecule has 0 aliphatic carbocycles. The molecule has 5 nitrogen and oxygen atoms in total. The van der Waals surface area contributed by atoms with Gasteiger partial charge in [-0.05, 0) is 20.8 Å². The molecule has 0 amide bonds. The predicted molar refractivity (Wildman–Crippen MR) is 49.5 cm³/mol. The highest BCUT2D eigenvalue weighted by molar-refractivity contribution is 7.81. The van der Waals surface area contributed by atoms with Crippen LogP contribution in [0, 0.1) is 0 Å². The standard InChI is InChI=1S/C7H15NO4S/c1-4-12-13(11)7(2,3)5(8)6(9)10/h5H,4,8H2,1-3H3,(H,9,10)/t5-,13?/m0/s1. The molecule has 0 fully saturated rings. The third-order valence-corrected chi connectivity index (χ3v) is 3.23. The molecular weight excluding hydrogens is 194 g/mol. The lowest BCUT2D eigenvalue weighted by molar-refractivity contribution is -0.139. The van der Waals surface area contributed by atoms with Gasteiger partial charge >= 0.3 is 5.97 Å². The summed E-state index contributed by atoms with van der Waals surface area (Å²) in [5.41, 5.74) is 5.35. The van der Waals surface area contributed by atoms with E-state index in [0.29, 0.717) is 0 Å². The molecule has 0 saturated carbocycles. The molecule has 0 saturated heterocycles. The monoisotopic (exact) mass is 209 g/mol. The van der Waals surface area contributed by atoms with Gasteiger partial charge in [0.15, 0.2) is 11.1 Å². The van der Waals surface area contributed by atoms with Crippen LogP contribution in [0.5, 0.6) is 0 Å². The lowest BCUT2D eigenvalue weighted by atomic mass is 10.1. The minimum absolute atomic E-state index is 0.266. The zero-order valence-corrected chi connectivity index (χ0v) is 8.76. The number of hydrogen-bond acceptors (Lipinski definition) is 4. The lowest BCUT2D eigenvalue weighted by Crippen LogP contribution is -2.51. The van der Waals surface area contributed by atoms with E-state index in [0.717, 1.165) is 0 Å². The van der Waals surface area contributed by atoms with Crippen molar-refractivity contribution < 1.29 is 18.3 Å². The van der Waals surface area contributed by atoms with Crippen LogP contribution in [0.3, 0.4) is 0 Å². The zero-order chi connectivity index (χ0) is 10.6. The number of hydrogen-bond donors (Lipinski definition) is 2. The van der Waals surface area contributed by atoms with E-state index in [1.54, 1.807) is 6.92 Å². The Balaban J connectivity index is 4.54. The first-order chi connectivity index (χ1) is 5.84. The minimum Gasteiger partial charge on any atom is -0.480 e.